The molecule has 0 unspecified atom stereocenters. The fourth-order valence-corrected chi connectivity index (χ4v) is 6.24. The molecule has 0 amide bonds. The zero-order valence-electron chi connectivity index (χ0n) is 20.7. The molecule has 4 nitrogen and oxygen atoms in total. The molecule has 5 heteroatoms. The van der Waals surface area contributed by atoms with E-state index in [0.717, 1.165) is 40.2 Å². The maximum Gasteiger partial charge on any atom is 0.271 e. The Bertz CT molecular complexity index is 1660. The van der Waals surface area contributed by atoms with Crippen molar-refractivity contribution in [1.29, 1.82) is 0 Å². The highest BCUT2D eigenvalue weighted by Crippen LogP contribution is 2.41. The molecule has 2 aliphatic rings. The van der Waals surface area contributed by atoms with Gasteiger partial charge in [0.25, 0.3) is 5.56 Å². The largest absolute Gasteiger partial charge is 0.497 e. The second-order valence-electron chi connectivity index (χ2n) is 9.71. The van der Waals surface area contributed by atoms with Crippen molar-refractivity contribution in [1.82, 2.24) is 4.57 Å². The average molecular weight is 493 g/mol. The number of hydrogen-bond donors (Lipinski definition) is 0. The quantitative estimate of drug-likeness (QED) is 0.380. The van der Waals surface area contributed by atoms with Crippen molar-refractivity contribution in [2.45, 2.75) is 38.6 Å². The number of aryl methyl sites for hydroxylation is 1. The second-order valence-corrected chi connectivity index (χ2v) is 10.7. The average Bonchev–Trinajstić information content (AvgIpc) is 3.22. The predicted molar refractivity (Wildman–Crippen MR) is 146 cm³/mol. The lowest BCUT2D eigenvalue weighted by Crippen LogP contribution is -2.38. The number of hydrogen-bond acceptors (Lipinski definition) is 4. The molecule has 2 heterocycles. The summed E-state index contributed by atoms with van der Waals surface area (Å²) in [7, 11) is 1.67. The number of benzene rings is 3. The van der Waals surface area contributed by atoms with Crippen LogP contribution in [0.15, 0.2) is 88.2 Å². The Morgan fingerprint density at radius 3 is 2.47 bits per heavy atom. The SMILES string of the molecule is COc1ccc([C@H]2C3=C(N=c4sc(=Cc5ccc(C(C)C)cc5)c(=O)n42)c2ccccc2CC3)cc1. The van der Waals surface area contributed by atoms with Crippen LogP contribution in [0.3, 0.4) is 0 Å². The van der Waals surface area contributed by atoms with Crippen molar-refractivity contribution >= 4 is 23.1 Å². The van der Waals surface area contributed by atoms with E-state index in [9.17, 15) is 4.79 Å². The third-order valence-corrected chi connectivity index (χ3v) is 8.19. The van der Waals surface area contributed by atoms with Gasteiger partial charge in [0.05, 0.1) is 23.4 Å². The van der Waals surface area contributed by atoms with Crippen LogP contribution in [0, 0.1) is 0 Å². The summed E-state index contributed by atoms with van der Waals surface area (Å²) in [6.07, 6.45) is 3.83. The topological polar surface area (TPSA) is 43.6 Å². The Hall–Kier alpha value is -3.70. The molecule has 36 heavy (non-hydrogen) atoms. The van der Waals surface area contributed by atoms with Crippen molar-refractivity contribution in [2.75, 3.05) is 7.11 Å². The van der Waals surface area contributed by atoms with E-state index in [1.807, 2.05) is 22.8 Å². The first kappa shape index (κ1) is 22.7. The third kappa shape index (κ3) is 3.84. The highest BCUT2D eigenvalue weighted by Gasteiger charge is 2.32. The Morgan fingerprint density at radius 2 is 1.75 bits per heavy atom. The van der Waals surface area contributed by atoms with Gasteiger partial charge in [-0.2, -0.15) is 0 Å². The molecular formula is C31H28N2O2S. The van der Waals surface area contributed by atoms with Crippen LogP contribution in [0.4, 0.5) is 0 Å². The monoisotopic (exact) mass is 492 g/mol. The lowest BCUT2D eigenvalue weighted by atomic mass is 9.83. The first-order chi connectivity index (χ1) is 17.5. The molecule has 0 fully saturated rings. The van der Waals surface area contributed by atoms with Gasteiger partial charge in [0, 0.05) is 5.56 Å². The highest BCUT2D eigenvalue weighted by molar-refractivity contribution is 7.07. The van der Waals surface area contributed by atoms with Gasteiger partial charge >= 0.3 is 0 Å². The van der Waals surface area contributed by atoms with Gasteiger partial charge in [-0.1, -0.05) is 85.8 Å². The van der Waals surface area contributed by atoms with Gasteiger partial charge < -0.3 is 4.74 Å². The molecule has 0 saturated carbocycles. The summed E-state index contributed by atoms with van der Waals surface area (Å²) in [5, 5.41) is 0. The number of nitrogens with zero attached hydrogens (tertiary/aromatic N) is 2. The molecular weight excluding hydrogens is 464 g/mol. The van der Waals surface area contributed by atoms with Crippen molar-refractivity contribution in [3.63, 3.8) is 0 Å². The molecule has 1 atom stereocenters. The molecule has 0 radical (unpaired) electrons. The summed E-state index contributed by atoms with van der Waals surface area (Å²) in [6, 6.07) is 24.9. The van der Waals surface area contributed by atoms with Crippen LogP contribution in [-0.2, 0) is 6.42 Å². The van der Waals surface area contributed by atoms with E-state index in [1.165, 1.54) is 33.6 Å². The number of methoxy groups -OCH3 is 1. The molecule has 3 aromatic carbocycles. The summed E-state index contributed by atoms with van der Waals surface area (Å²) in [6.45, 7) is 4.37. The first-order valence-corrected chi connectivity index (χ1v) is 13.2. The molecule has 0 spiro atoms. The van der Waals surface area contributed by atoms with Gasteiger partial charge in [0.15, 0.2) is 4.80 Å². The fraction of sp³-hybridized carbons (Fsp3) is 0.226. The smallest absolute Gasteiger partial charge is 0.271 e. The number of ether oxygens (including phenoxy) is 1. The van der Waals surface area contributed by atoms with Crippen LogP contribution in [0.5, 0.6) is 5.75 Å². The molecule has 1 aromatic heterocycles. The van der Waals surface area contributed by atoms with Crippen molar-refractivity contribution in [3.05, 3.63) is 126 Å². The van der Waals surface area contributed by atoms with Gasteiger partial charge in [0.1, 0.15) is 5.75 Å². The van der Waals surface area contributed by atoms with E-state index in [0.29, 0.717) is 10.5 Å². The van der Waals surface area contributed by atoms with Crippen molar-refractivity contribution in [3.8, 4) is 5.75 Å². The second kappa shape index (κ2) is 9.07. The van der Waals surface area contributed by atoms with E-state index in [1.54, 1.807) is 7.11 Å². The van der Waals surface area contributed by atoms with E-state index in [4.69, 9.17) is 9.73 Å². The number of aromatic nitrogens is 1. The molecule has 0 N–H and O–H groups in total. The zero-order valence-corrected chi connectivity index (χ0v) is 21.5. The van der Waals surface area contributed by atoms with Gasteiger partial charge in [-0.25, -0.2) is 4.99 Å². The van der Waals surface area contributed by atoms with E-state index < -0.39 is 0 Å². The predicted octanol–water partition coefficient (Wildman–Crippen LogP) is 5.45. The summed E-state index contributed by atoms with van der Waals surface area (Å²) < 4.78 is 8.00. The Balaban J connectivity index is 1.56. The summed E-state index contributed by atoms with van der Waals surface area (Å²) in [5.41, 5.74) is 8.13. The standard InChI is InChI=1S/C31H28N2O2S/c1-19(2)21-10-8-20(9-11-21)18-27-30(34)33-29(23-12-15-24(35-3)16-13-23)26-17-14-22-6-4-5-7-25(22)28(26)32-31(33)36-27/h4-13,15-16,18-19,29H,14,17H2,1-3H3/t29-/m0/s1. The van der Waals surface area contributed by atoms with Crippen LogP contribution in [0.2, 0.25) is 0 Å². The zero-order chi connectivity index (χ0) is 24.8. The van der Waals surface area contributed by atoms with E-state index in [-0.39, 0.29) is 11.6 Å². The van der Waals surface area contributed by atoms with Gasteiger partial charge in [-0.15, -0.1) is 0 Å². The van der Waals surface area contributed by atoms with E-state index in [2.05, 4.69) is 74.5 Å². The lowest BCUT2D eigenvalue weighted by molar-refractivity contribution is 0.414. The molecule has 0 bridgehead atoms. The van der Waals surface area contributed by atoms with Crippen LogP contribution in [0.25, 0.3) is 11.8 Å². The van der Waals surface area contributed by atoms with Gasteiger partial charge in [-0.3, -0.25) is 9.36 Å². The minimum Gasteiger partial charge on any atom is -0.497 e. The Kier molecular flexibility index (Phi) is 5.73. The number of thiazole rings is 1. The molecule has 0 saturated heterocycles. The highest BCUT2D eigenvalue weighted by atomic mass is 32.1. The normalized spacial score (nSPS) is 16.9. The number of rotatable bonds is 4. The number of fused-ring (bicyclic) bond motifs is 3. The Morgan fingerprint density at radius 1 is 1.00 bits per heavy atom. The van der Waals surface area contributed by atoms with Gasteiger partial charge in [-0.05, 0) is 64.8 Å². The van der Waals surface area contributed by atoms with Crippen LogP contribution >= 0.6 is 11.3 Å². The fourth-order valence-electron chi connectivity index (χ4n) is 5.24. The minimum atomic E-state index is -0.180. The maximum absolute atomic E-state index is 13.9. The minimum absolute atomic E-state index is 0.0120. The Labute approximate surface area is 214 Å². The lowest BCUT2D eigenvalue weighted by Gasteiger charge is -2.30. The van der Waals surface area contributed by atoms with Gasteiger partial charge in [0.2, 0.25) is 0 Å². The molecule has 180 valence electrons. The molecule has 1 aliphatic carbocycles. The van der Waals surface area contributed by atoms with Crippen molar-refractivity contribution < 1.29 is 4.74 Å². The van der Waals surface area contributed by atoms with Crippen molar-refractivity contribution in [2.24, 2.45) is 4.99 Å². The summed E-state index contributed by atoms with van der Waals surface area (Å²) >= 11 is 1.47. The first-order valence-electron chi connectivity index (χ1n) is 12.4. The van der Waals surface area contributed by atoms with E-state index >= 15 is 0 Å². The third-order valence-electron chi connectivity index (χ3n) is 7.21. The van der Waals surface area contributed by atoms with Crippen LogP contribution in [-0.4, -0.2) is 11.7 Å². The summed E-state index contributed by atoms with van der Waals surface area (Å²) in [4.78, 5) is 19.7. The molecule has 6 rings (SSSR count). The molecule has 4 aromatic rings. The molecule has 1 aliphatic heterocycles. The van der Waals surface area contributed by atoms with Crippen LogP contribution < -0.4 is 19.6 Å². The summed E-state index contributed by atoms with van der Waals surface area (Å²) in [5.74, 6) is 1.28. The maximum atomic E-state index is 13.9. The number of allylic oxidation sites excluding steroid dienone is 1. The van der Waals surface area contributed by atoms with Crippen LogP contribution in [0.1, 0.15) is 60.0 Å².